The summed E-state index contributed by atoms with van der Waals surface area (Å²) < 4.78 is 10.8. The fourth-order valence-electron chi connectivity index (χ4n) is 3.79. The summed E-state index contributed by atoms with van der Waals surface area (Å²) >= 11 is 0. The van der Waals surface area contributed by atoms with Gasteiger partial charge in [-0.05, 0) is 51.0 Å². The number of furan rings is 1. The fraction of sp³-hybridized carbons (Fsp3) is 0.286. The second-order valence-electron chi connectivity index (χ2n) is 7.36. The Hall–Kier alpha value is -3.35. The summed E-state index contributed by atoms with van der Waals surface area (Å²) in [4.78, 5) is 38.9. The van der Waals surface area contributed by atoms with Crippen LogP contribution in [0.3, 0.4) is 0 Å². The molecule has 28 heavy (non-hydrogen) atoms. The van der Waals surface area contributed by atoms with E-state index in [1.54, 1.807) is 32.9 Å². The molecule has 0 bridgehead atoms. The Kier molecular flexibility index (Phi) is 3.92. The Morgan fingerprint density at radius 3 is 2.46 bits per heavy atom. The summed E-state index contributed by atoms with van der Waals surface area (Å²) in [6, 6.07) is 8.03. The first-order chi connectivity index (χ1) is 13.2. The largest absolute Gasteiger partial charge is 0.466 e. The van der Waals surface area contributed by atoms with Gasteiger partial charge in [0.25, 0.3) is 5.91 Å². The molecular weight excluding hydrogens is 360 g/mol. The molecule has 1 aliphatic heterocycles. The van der Waals surface area contributed by atoms with Crippen molar-refractivity contribution in [3.05, 3.63) is 69.0 Å². The maximum absolute atomic E-state index is 13.2. The fourth-order valence-corrected chi connectivity index (χ4v) is 3.79. The number of nitrogens with one attached hydrogen (secondary N) is 1. The molecule has 0 saturated carbocycles. The van der Waals surface area contributed by atoms with Gasteiger partial charge >= 0.3 is 11.7 Å². The number of imide groups is 1. The van der Waals surface area contributed by atoms with Crippen LogP contribution in [0.5, 0.6) is 0 Å². The molecule has 1 atom stereocenters. The lowest BCUT2D eigenvalue weighted by Gasteiger charge is -2.21. The first-order valence-electron chi connectivity index (χ1n) is 8.94. The van der Waals surface area contributed by atoms with E-state index in [9.17, 15) is 14.4 Å². The SMILES string of the molecule is Cc1ccc2c(CN3C(=O)NC(C)(c4cc(C)oc4C)C3=O)cc(=O)oc2c1. The lowest BCUT2D eigenvalue weighted by Crippen LogP contribution is -2.41. The van der Waals surface area contributed by atoms with Gasteiger partial charge in [-0.25, -0.2) is 9.59 Å². The lowest BCUT2D eigenvalue weighted by atomic mass is 9.92. The molecule has 7 heteroatoms. The summed E-state index contributed by atoms with van der Waals surface area (Å²) in [5.41, 5.74) is 0.812. The van der Waals surface area contributed by atoms with Crippen LogP contribution in [0.15, 0.2) is 44.0 Å². The van der Waals surface area contributed by atoms with Crippen molar-refractivity contribution in [3.8, 4) is 0 Å². The van der Waals surface area contributed by atoms with Crippen LogP contribution in [0, 0.1) is 20.8 Å². The minimum Gasteiger partial charge on any atom is -0.466 e. The molecule has 7 nitrogen and oxygen atoms in total. The van der Waals surface area contributed by atoms with Gasteiger partial charge in [-0.3, -0.25) is 9.69 Å². The molecule has 0 aliphatic carbocycles. The van der Waals surface area contributed by atoms with E-state index in [1.165, 1.54) is 6.07 Å². The van der Waals surface area contributed by atoms with Crippen LogP contribution in [0.4, 0.5) is 4.79 Å². The molecule has 4 rings (SSSR count). The number of hydrogen-bond donors (Lipinski definition) is 1. The number of benzene rings is 1. The summed E-state index contributed by atoms with van der Waals surface area (Å²) in [5, 5.41) is 3.46. The number of carbonyl (C=O) groups excluding carboxylic acids is 2. The minimum atomic E-state index is -1.22. The number of hydrogen-bond acceptors (Lipinski definition) is 5. The molecule has 1 aliphatic rings. The topological polar surface area (TPSA) is 92.8 Å². The first kappa shape index (κ1) is 18.0. The van der Waals surface area contributed by atoms with Crippen molar-refractivity contribution >= 4 is 22.9 Å². The third-order valence-electron chi connectivity index (χ3n) is 5.17. The molecule has 1 fully saturated rings. The smallest absolute Gasteiger partial charge is 0.336 e. The standard InChI is InChI=1S/C21H20N2O5/c1-11-5-6-15-14(9-18(24)28-17(15)7-11)10-23-19(25)21(4,22-20(23)26)16-8-12(2)27-13(16)3/h5-9H,10H2,1-4H3,(H,22,26). The van der Waals surface area contributed by atoms with Crippen LogP contribution < -0.4 is 10.9 Å². The monoisotopic (exact) mass is 380 g/mol. The average molecular weight is 380 g/mol. The Morgan fingerprint density at radius 1 is 1.04 bits per heavy atom. The van der Waals surface area contributed by atoms with Crippen molar-refractivity contribution < 1.29 is 18.4 Å². The van der Waals surface area contributed by atoms with Crippen LogP contribution in [0.25, 0.3) is 11.0 Å². The van der Waals surface area contributed by atoms with Gasteiger partial charge in [0, 0.05) is 17.0 Å². The maximum atomic E-state index is 13.2. The van der Waals surface area contributed by atoms with E-state index >= 15 is 0 Å². The van der Waals surface area contributed by atoms with Crippen LogP contribution in [0.1, 0.15) is 35.1 Å². The lowest BCUT2D eigenvalue weighted by molar-refractivity contribution is -0.131. The van der Waals surface area contributed by atoms with E-state index in [2.05, 4.69) is 5.32 Å². The molecule has 1 N–H and O–H groups in total. The molecule has 0 radical (unpaired) electrons. The van der Waals surface area contributed by atoms with Gasteiger partial charge in [0.2, 0.25) is 0 Å². The summed E-state index contributed by atoms with van der Waals surface area (Å²) in [5.74, 6) is 0.850. The summed E-state index contributed by atoms with van der Waals surface area (Å²) in [6.07, 6.45) is 0. The number of nitrogens with zero attached hydrogens (tertiary/aromatic N) is 1. The Labute approximate surface area is 160 Å². The van der Waals surface area contributed by atoms with E-state index < -0.39 is 23.1 Å². The number of rotatable bonds is 3. The summed E-state index contributed by atoms with van der Waals surface area (Å²) in [6.45, 7) is 7.07. The van der Waals surface area contributed by atoms with Crippen molar-refractivity contribution in [1.29, 1.82) is 0 Å². The Bertz CT molecular complexity index is 1190. The van der Waals surface area contributed by atoms with Crippen LogP contribution >= 0.6 is 0 Å². The number of aryl methyl sites for hydroxylation is 3. The van der Waals surface area contributed by atoms with E-state index in [0.29, 0.717) is 33.6 Å². The second-order valence-corrected chi connectivity index (χ2v) is 7.36. The van der Waals surface area contributed by atoms with Gasteiger partial charge in [0.1, 0.15) is 22.6 Å². The van der Waals surface area contributed by atoms with Crippen molar-refractivity contribution in [2.75, 3.05) is 0 Å². The maximum Gasteiger partial charge on any atom is 0.336 e. The van der Waals surface area contributed by atoms with Gasteiger partial charge in [-0.15, -0.1) is 0 Å². The number of amides is 3. The number of fused-ring (bicyclic) bond motifs is 1. The second kappa shape index (κ2) is 6.09. The highest BCUT2D eigenvalue weighted by Gasteiger charge is 2.50. The molecule has 144 valence electrons. The van der Waals surface area contributed by atoms with E-state index in [-0.39, 0.29) is 6.54 Å². The van der Waals surface area contributed by atoms with Crippen molar-refractivity contribution in [2.24, 2.45) is 0 Å². The van der Waals surface area contributed by atoms with Crippen LogP contribution in [0.2, 0.25) is 0 Å². The van der Waals surface area contributed by atoms with E-state index in [1.807, 2.05) is 19.1 Å². The predicted octanol–water partition coefficient (Wildman–Crippen LogP) is 3.28. The predicted molar refractivity (Wildman–Crippen MR) is 102 cm³/mol. The van der Waals surface area contributed by atoms with E-state index in [4.69, 9.17) is 8.83 Å². The molecule has 3 amide bonds. The van der Waals surface area contributed by atoms with Crippen molar-refractivity contribution in [2.45, 2.75) is 39.8 Å². The Balaban J connectivity index is 1.74. The molecular formula is C21H20N2O5. The van der Waals surface area contributed by atoms with Crippen molar-refractivity contribution in [3.63, 3.8) is 0 Å². The zero-order valence-corrected chi connectivity index (χ0v) is 16.1. The number of carbonyl (C=O) groups is 2. The van der Waals surface area contributed by atoms with Gasteiger partial charge in [-0.2, -0.15) is 0 Å². The number of urea groups is 1. The van der Waals surface area contributed by atoms with Crippen LogP contribution in [-0.4, -0.2) is 16.8 Å². The first-order valence-corrected chi connectivity index (χ1v) is 8.94. The van der Waals surface area contributed by atoms with Gasteiger partial charge in [0.15, 0.2) is 0 Å². The third-order valence-corrected chi connectivity index (χ3v) is 5.17. The third kappa shape index (κ3) is 2.70. The van der Waals surface area contributed by atoms with E-state index in [0.717, 1.165) is 10.5 Å². The highest BCUT2D eigenvalue weighted by atomic mass is 16.4. The molecule has 3 aromatic rings. The summed E-state index contributed by atoms with van der Waals surface area (Å²) in [7, 11) is 0. The van der Waals surface area contributed by atoms with Crippen molar-refractivity contribution in [1.82, 2.24) is 10.2 Å². The minimum absolute atomic E-state index is 0.0265. The quantitative estimate of drug-likeness (QED) is 0.556. The van der Waals surface area contributed by atoms with Gasteiger partial charge in [0.05, 0.1) is 6.54 Å². The molecule has 1 saturated heterocycles. The molecule has 0 spiro atoms. The van der Waals surface area contributed by atoms with Crippen LogP contribution in [-0.2, 0) is 16.9 Å². The zero-order chi connectivity index (χ0) is 20.2. The Morgan fingerprint density at radius 2 is 1.79 bits per heavy atom. The highest BCUT2D eigenvalue weighted by molar-refractivity contribution is 6.07. The average Bonchev–Trinajstić information content (AvgIpc) is 3.06. The molecule has 1 unspecified atom stereocenters. The normalized spacial score (nSPS) is 19.5. The molecule has 1 aromatic carbocycles. The van der Waals surface area contributed by atoms with Gasteiger partial charge < -0.3 is 14.2 Å². The van der Waals surface area contributed by atoms with Gasteiger partial charge in [-0.1, -0.05) is 12.1 Å². The highest BCUT2D eigenvalue weighted by Crippen LogP contribution is 2.34. The zero-order valence-electron chi connectivity index (χ0n) is 16.1. The molecule has 2 aromatic heterocycles. The molecule has 3 heterocycles.